The van der Waals surface area contributed by atoms with Crippen molar-refractivity contribution in [2.24, 2.45) is 5.41 Å². The van der Waals surface area contributed by atoms with E-state index in [2.05, 4.69) is 0 Å². The molecule has 2 rings (SSSR count). The Bertz CT molecular complexity index is 427. The lowest BCUT2D eigenvalue weighted by molar-refractivity contribution is -0.125. The van der Waals surface area contributed by atoms with Gasteiger partial charge >= 0.3 is 0 Å². The van der Waals surface area contributed by atoms with Gasteiger partial charge in [-0.25, -0.2) is 0 Å². The lowest BCUT2D eigenvalue weighted by atomic mass is 9.86. The number of carbonyl (C=O) groups excluding carboxylic acids is 2. The Hall–Kier alpha value is -1.64. The molecule has 1 heterocycles. The minimum absolute atomic E-state index is 0.0776. The summed E-state index contributed by atoms with van der Waals surface area (Å²) in [6, 6.07) is 9.11. The third-order valence-corrected chi connectivity index (χ3v) is 3.30. The molecule has 16 heavy (non-hydrogen) atoms. The average molecular weight is 217 g/mol. The number of benzene rings is 1. The Balaban J connectivity index is 2.38. The quantitative estimate of drug-likeness (QED) is 0.713. The van der Waals surface area contributed by atoms with Crippen LogP contribution in [0.25, 0.3) is 0 Å². The lowest BCUT2D eigenvalue weighted by Crippen LogP contribution is -2.33. The zero-order chi connectivity index (χ0) is 11.8. The predicted molar refractivity (Wildman–Crippen MR) is 62.0 cm³/mol. The van der Waals surface area contributed by atoms with E-state index in [-0.39, 0.29) is 11.8 Å². The Morgan fingerprint density at radius 3 is 2.38 bits per heavy atom. The predicted octanol–water partition coefficient (Wildman–Crippen LogP) is 2.37. The van der Waals surface area contributed by atoms with Gasteiger partial charge in [-0.3, -0.25) is 14.5 Å². The highest BCUT2D eigenvalue weighted by Gasteiger charge is 2.47. The molecule has 1 atom stereocenters. The molecule has 0 aromatic heterocycles. The van der Waals surface area contributed by atoms with E-state index >= 15 is 0 Å². The third kappa shape index (κ3) is 1.52. The Labute approximate surface area is 95.1 Å². The van der Waals surface area contributed by atoms with E-state index in [1.54, 1.807) is 12.1 Å². The largest absolute Gasteiger partial charge is 0.274 e. The molecule has 0 radical (unpaired) electrons. The summed E-state index contributed by atoms with van der Waals surface area (Å²) in [5, 5.41) is 0. The highest BCUT2D eigenvalue weighted by Crippen LogP contribution is 2.37. The average Bonchev–Trinajstić information content (AvgIpc) is 2.52. The molecule has 0 spiro atoms. The van der Waals surface area contributed by atoms with Gasteiger partial charge in [0.05, 0.1) is 11.1 Å². The van der Waals surface area contributed by atoms with Gasteiger partial charge in [-0.2, -0.15) is 0 Å². The fourth-order valence-corrected chi connectivity index (χ4v) is 1.99. The topological polar surface area (TPSA) is 37.4 Å². The van der Waals surface area contributed by atoms with E-state index in [1.165, 1.54) is 4.90 Å². The Morgan fingerprint density at radius 2 is 1.88 bits per heavy atom. The number of para-hydroxylation sites is 1. The van der Waals surface area contributed by atoms with Crippen LogP contribution in [0, 0.1) is 5.41 Å². The van der Waals surface area contributed by atoms with Crippen LogP contribution in [0.3, 0.4) is 0 Å². The van der Waals surface area contributed by atoms with Crippen LogP contribution in [0.15, 0.2) is 30.3 Å². The number of rotatable bonds is 2. The Kier molecular flexibility index (Phi) is 2.54. The number of hydrogen-bond acceptors (Lipinski definition) is 2. The van der Waals surface area contributed by atoms with Gasteiger partial charge in [0.1, 0.15) is 0 Å². The monoisotopic (exact) mass is 217 g/mol. The molecule has 3 heteroatoms. The van der Waals surface area contributed by atoms with E-state index in [4.69, 9.17) is 0 Å². The molecule has 2 amide bonds. The molecule has 84 valence electrons. The standard InChI is InChI=1S/C13H15NO2/c1-3-13(2)9-11(15)14(12(13)16)10-7-5-4-6-8-10/h4-8H,3,9H2,1-2H3/t13-/m1/s1. The van der Waals surface area contributed by atoms with Crippen LogP contribution in [-0.4, -0.2) is 11.8 Å². The van der Waals surface area contributed by atoms with Crippen molar-refractivity contribution in [2.45, 2.75) is 26.7 Å². The number of amides is 2. The van der Waals surface area contributed by atoms with Gasteiger partial charge in [0, 0.05) is 6.42 Å². The van der Waals surface area contributed by atoms with E-state index in [9.17, 15) is 9.59 Å². The van der Waals surface area contributed by atoms with Gasteiger partial charge in [0.15, 0.2) is 0 Å². The maximum atomic E-state index is 12.2. The summed E-state index contributed by atoms with van der Waals surface area (Å²) in [6.45, 7) is 3.80. The summed E-state index contributed by atoms with van der Waals surface area (Å²) in [7, 11) is 0. The first-order valence-electron chi connectivity index (χ1n) is 5.51. The molecular formula is C13H15NO2. The molecule has 0 bridgehead atoms. The minimum atomic E-state index is -0.521. The van der Waals surface area contributed by atoms with Gasteiger partial charge in [0.2, 0.25) is 11.8 Å². The minimum Gasteiger partial charge on any atom is -0.274 e. The lowest BCUT2D eigenvalue weighted by Gasteiger charge is -2.20. The number of carbonyl (C=O) groups is 2. The molecule has 0 aliphatic carbocycles. The smallest absolute Gasteiger partial charge is 0.240 e. The second kappa shape index (κ2) is 3.74. The molecule has 3 nitrogen and oxygen atoms in total. The number of imide groups is 1. The molecule has 1 saturated heterocycles. The molecule has 1 aromatic carbocycles. The highest BCUT2D eigenvalue weighted by molar-refractivity contribution is 6.22. The molecule has 0 N–H and O–H groups in total. The first kappa shape index (κ1) is 10.9. The maximum absolute atomic E-state index is 12.2. The van der Waals surface area contributed by atoms with Crippen molar-refractivity contribution in [3.63, 3.8) is 0 Å². The Morgan fingerprint density at radius 1 is 1.25 bits per heavy atom. The summed E-state index contributed by atoms with van der Waals surface area (Å²) in [4.78, 5) is 25.3. The third-order valence-electron chi connectivity index (χ3n) is 3.30. The van der Waals surface area contributed by atoms with Crippen molar-refractivity contribution in [2.75, 3.05) is 4.90 Å². The van der Waals surface area contributed by atoms with Crippen LogP contribution in [0.5, 0.6) is 0 Å². The zero-order valence-corrected chi connectivity index (χ0v) is 9.56. The number of hydrogen-bond donors (Lipinski definition) is 0. The molecule has 0 unspecified atom stereocenters. The molecule has 0 saturated carbocycles. The second-order valence-electron chi connectivity index (χ2n) is 4.46. The van der Waals surface area contributed by atoms with Crippen molar-refractivity contribution in [1.29, 1.82) is 0 Å². The van der Waals surface area contributed by atoms with Gasteiger partial charge in [-0.1, -0.05) is 32.0 Å². The summed E-state index contributed by atoms with van der Waals surface area (Å²) >= 11 is 0. The number of anilines is 1. The summed E-state index contributed by atoms with van der Waals surface area (Å²) < 4.78 is 0. The fourth-order valence-electron chi connectivity index (χ4n) is 1.99. The SMILES string of the molecule is CC[C@]1(C)CC(=O)N(c2ccccc2)C1=O. The van der Waals surface area contributed by atoms with E-state index in [0.717, 1.165) is 0 Å². The zero-order valence-electron chi connectivity index (χ0n) is 9.56. The van der Waals surface area contributed by atoms with Crippen molar-refractivity contribution in [1.82, 2.24) is 0 Å². The first-order valence-corrected chi connectivity index (χ1v) is 5.51. The van der Waals surface area contributed by atoms with Crippen LogP contribution in [-0.2, 0) is 9.59 Å². The molecular weight excluding hydrogens is 202 g/mol. The van der Waals surface area contributed by atoms with E-state index in [0.29, 0.717) is 18.5 Å². The van der Waals surface area contributed by atoms with Crippen LogP contribution in [0.2, 0.25) is 0 Å². The van der Waals surface area contributed by atoms with Crippen LogP contribution < -0.4 is 4.90 Å². The summed E-state index contributed by atoms with van der Waals surface area (Å²) in [6.07, 6.45) is 1.01. The van der Waals surface area contributed by atoms with Crippen LogP contribution >= 0.6 is 0 Å². The van der Waals surface area contributed by atoms with Gasteiger partial charge in [-0.05, 0) is 18.6 Å². The van der Waals surface area contributed by atoms with Gasteiger partial charge < -0.3 is 0 Å². The van der Waals surface area contributed by atoms with Crippen LogP contribution in [0.1, 0.15) is 26.7 Å². The first-order chi connectivity index (χ1) is 7.58. The summed E-state index contributed by atoms with van der Waals surface area (Å²) in [5.74, 6) is -0.174. The van der Waals surface area contributed by atoms with Gasteiger partial charge in [-0.15, -0.1) is 0 Å². The second-order valence-corrected chi connectivity index (χ2v) is 4.46. The van der Waals surface area contributed by atoms with E-state index < -0.39 is 5.41 Å². The highest BCUT2D eigenvalue weighted by atomic mass is 16.2. The fraction of sp³-hybridized carbons (Fsp3) is 0.385. The molecule has 1 aromatic rings. The summed E-state index contributed by atoms with van der Waals surface area (Å²) in [5.41, 5.74) is 0.155. The van der Waals surface area contributed by atoms with Crippen molar-refractivity contribution in [3.05, 3.63) is 30.3 Å². The normalized spacial score (nSPS) is 25.2. The molecule has 1 aliphatic heterocycles. The van der Waals surface area contributed by atoms with Crippen molar-refractivity contribution in [3.8, 4) is 0 Å². The van der Waals surface area contributed by atoms with Crippen molar-refractivity contribution < 1.29 is 9.59 Å². The molecule has 1 fully saturated rings. The van der Waals surface area contributed by atoms with Crippen LogP contribution in [0.4, 0.5) is 5.69 Å². The van der Waals surface area contributed by atoms with E-state index in [1.807, 2.05) is 32.0 Å². The molecule has 1 aliphatic rings. The maximum Gasteiger partial charge on any atom is 0.240 e. The van der Waals surface area contributed by atoms with Crippen molar-refractivity contribution >= 4 is 17.5 Å². The number of nitrogens with zero attached hydrogens (tertiary/aromatic N) is 1. The van der Waals surface area contributed by atoms with Gasteiger partial charge in [0.25, 0.3) is 0 Å².